The van der Waals surface area contributed by atoms with Crippen molar-refractivity contribution < 1.29 is 22.7 Å². The molecule has 0 spiro atoms. The third-order valence-corrected chi connectivity index (χ3v) is 7.48. The summed E-state index contributed by atoms with van der Waals surface area (Å²) in [5.41, 5.74) is 4.33. The Balaban J connectivity index is 1.43. The van der Waals surface area contributed by atoms with Crippen molar-refractivity contribution in [3.63, 3.8) is 0 Å². The number of aryl methyl sites for hydroxylation is 1. The summed E-state index contributed by atoms with van der Waals surface area (Å²) >= 11 is 0. The largest absolute Gasteiger partial charge is 0.463 e. The minimum atomic E-state index is -2.50. The van der Waals surface area contributed by atoms with Crippen LogP contribution in [-0.4, -0.2) is 64.4 Å². The number of nitriles is 1. The molecular weight excluding hydrogens is 497 g/mol. The topological polar surface area (TPSA) is 85.6 Å². The first-order valence-electron chi connectivity index (χ1n) is 12.8. The smallest absolute Gasteiger partial charge is 0.318 e. The van der Waals surface area contributed by atoms with Crippen LogP contribution in [0.25, 0.3) is 0 Å². The molecule has 3 aliphatic rings. The van der Waals surface area contributed by atoms with Crippen LogP contribution in [0.2, 0.25) is 0 Å². The molecule has 1 aliphatic carbocycles. The van der Waals surface area contributed by atoms with Crippen LogP contribution in [-0.2, 0) is 24.3 Å². The molecule has 0 bridgehead atoms. The maximum Gasteiger partial charge on any atom is 0.318 e. The molecule has 0 N–H and O–H groups in total. The third kappa shape index (κ3) is 5.18. The zero-order chi connectivity index (χ0) is 26.8. The number of piperazine rings is 1. The Hall–Kier alpha value is -3.65. The summed E-state index contributed by atoms with van der Waals surface area (Å²) in [6, 6.07) is 10.2. The van der Waals surface area contributed by atoms with Crippen LogP contribution >= 0.6 is 0 Å². The minimum absolute atomic E-state index is 0.0194. The number of fused-ring (bicyclic) bond motifs is 2. The lowest BCUT2D eigenvalue weighted by Gasteiger charge is -2.41. The second kappa shape index (κ2) is 11.0. The van der Waals surface area contributed by atoms with E-state index in [-0.39, 0.29) is 38.2 Å². The maximum atomic E-state index is 13.6. The van der Waals surface area contributed by atoms with E-state index in [2.05, 4.69) is 39.6 Å². The molecule has 0 radical (unpaired) electrons. The molecule has 3 heterocycles. The molecule has 5 rings (SSSR count). The minimum Gasteiger partial charge on any atom is -0.463 e. The van der Waals surface area contributed by atoms with E-state index in [4.69, 9.17) is 4.74 Å². The molecule has 200 valence electrons. The number of benzene rings is 1. The highest BCUT2D eigenvalue weighted by atomic mass is 19.3. The Morgan fingerprint density at radius 3 is 2.82 bits per heavy atom. The predicted molar refractivity (Wildman–Crippen MR) is 133 cm³/mol. The molecule has 2 atom stereocenters. The summed E-state index contributed by atoms with van der Waals surface area (Å²) in [5.74, 6) is -1.28. The van der Waals surface area contributed by atoms with Crippen LogP contribution < -0.4 is 9.64 Å². The maximum absolute atomic E-state index is 13.6. The monoisotopic (exact) mass is 526 g/mol. The molecule has 2 aliphatic heterocycles. The van der Waals surface area contributed by atoms with Gasteiger partial charge in [-0.25, -0.2) is 13.2 Å². The van der Waals surface area contributed by atoms with Gasteiger partial charge in [0.2, 0.25) is 6.43 Å². The molecule has 1 fully saturated rings. The number of halogens is 3. The van der Waals surface area contributed by atoms with Crippen LogP contribution in [0.3, 0.4) is 0 Å². The Morgan fingerprint density at radius 1 is 1.24 bits per heavy atom. The fourth-order valence-electron chi connectivity index (χ4n) is 5.69. The van der Waals surface area contributed by atoms with E-state index >= 15 is 0 Å². The van der Waals surface area contributed by atoms with Gasteiger partial charge in [-0.05, 0) is 24.0 Å². The van der Waals surface area contributed by atoms with E-state index in [1.807, 2.05) is 17.0 Å². The van der Waals surface area contributed by atoms with Crippen molar-refractivity contribution in [2.24, 2.45) is 0 Å². The summed E-state index contributed by atoms with van der Waals surface area (Å²) in [5, 5.41) is 9.35. The summed E-state index contributed by atoms with van der Waals surface area (Å²) in [7, 11) is 0. The number of aromatic nitrogens is 2. The van der Waals surface area contributed by atoms with Crippen molar-refractivity contribution in [2.45, 2.75) is 57.3 Å². The van der Waals surface area contributed by atoms with Crippen molar-refractivity contribution in [2.75, 3.05) is 31.1 Å². The molecule has 11 heteroatoms. The molecule has 38 heavy (non-hydrogen) atoms. The van der Waals surface area contributed by atoms with E-state index in [0.29, 0.717) is 25.5 Å². The predicted octanol–water partition coefficient (Wildman–Crippen LogP) is 3.93. The van der Waals surface area contributed by atoms with Gasteiger partial charge in [0.1, 0.15) is 5.82 Å². The average molecular weight is 527 g/mol. The van der Waals surface area contributed by atoms with Gasteiger partial charge >= 0.3 is 6.01 Å². The van der Waals surface area contributed by atoms with Gasteiger partial charge in [0.15, 0.2) is 5.83 Å². The Morgan fingerprint density at radius 2 is 2.05 bits per heavy atom. The molecule has 1 saturated heterocycles. The first kappa shape index (κ1) is 26.0. The van der Waals surface area contributed by atoms with Crippen molar-refractivity contribution >= 4 is 11.7 Å². The Bertz CT molecular complexity index is 1270. The normalized spacial score (nSPS) is 20.8. The van der Waals surface area contributed by atoms with Crippen molar-refractivity contribution in [3.8, 4) is 12.1 Å². The Labute approximate surface area is 219 Å². The van der Waals surface area contributed by atoms with Gasteiger partial charge in [-0.3, -0.25) is 9.69 Å². The zero-order valence-electron chi connectivity index (χ0n) is 21.0. The second-order valence-corrected chi connectivity index (χ2v) is 9.81. The van der Waals surface area contributed by atoms with Crippen molar-refractivity contribution in [1.29, 1.82) is 5.26 Å². The SMILES string of the molecule is C=C(F)C(=O)N1CCN(c2nc(OCCC(F)F)nc3c2CN(C2CCc4ccccc42)C3)C[C@@H]1CC#N. The lowest BCUT2D eigenvalue weighted by molar-refractivity contribution is -0.131. The zero-order valence-corrected chi connectivity index (χ0v) is 21.0. The molecule has 1 aromatic carbocycles. The van der Waals surface area contributed by atoms with Crippen molar-refractivity contribution in [1.82, 2.24) is 19.8 Å². The molecule has 8 nitrogen and oxygen atoms in total. The fourth-order valence-corrected chi connectivity index (χ4v) is 5.69. The molecule has 1 amide bonds. The van der Waals surface area contributed by atoms with Crippen LogP contribution in [0.15, 0.2) is 36.7 Å². The summed E-state index contributed by atoms with van der Waals surface area (Å²) in [4.78, 5) is 27.2. The molecule has 2 aromatic rings. The van der Waals surface area contributed by atoms with Gasteiger partial charge < -0.3 is 14.5 Å². The van der Waals surface area contributed by atoms with Gasteiger partial charge in [-0.1, -0.05) is 30.8 Å². The van der Waals surface area contributed by atoms with Gasteiger partial charge in [0.05, 0.1) is 30.8 Å². The number of carbonyl (C=O) groups excluding carboxylic acids is 1. The van der Waals surface area contributed by atoms with Crippen LogP contribution in [0.1, 0.15) is 47.7 Å². The Kier molecular flexibility index (Phi) is 7.51. The highest BCUT2D eigenvalue weighted by Crippen LogP contribution is 2.42. The van der Waals surface area contributed by atoms with Crippen molar-refractivity contribution in [3.05, 3.63) is 59.1 Å². The number of amides is 1. The van der Waals surface area contributed by atoms with Gasteiger partial charge in [0.25, 0.3) is 5.91 Å². The number of hydrogen-bond donors (Lipinski definition) is 0. The van der Waals surface area contributed by atoms with E-state index in [9.17, 15) is 23.2 Å². The number of hydrogen-bond acceptors (Lipinski definition) is 7. The number of alkyl halides is 2. The highest BCUT2D eigenvalue weighted by molar-refractivity contribution is 5.91. The van der Waals surface area contributed by atoms with E-state index in [1.165, 1.54) is 16.0 Å². The molecular formula is C27H29F3N6O2. The molecule has 1 aromatic heterocycles. The standard InChI is InChI=1S/C27H29F3N6O2/c1-17(28)26(37)36-12-11-34(14-19(36)8-10-31)25-21-15-35(23-7-6-18-4-2-3-5-20(18)23)16-22(21)32-27(33-25)38-13-9-24(29)30/h2-5,19,23-24H,1,6-9,11-16H2/t19-,23?/m0/s1. The van der Waals surface area contributed by atoms with Crippen LogP contribution in [0.5, 0.6) is 6.01 Å². The lowest BCUT2D eigenvalue weighted by Crippen LogP contribution is -2.55. The van der Waals surface area contributed by atoms with Gasteiger partial charge in [-0.15, -0.1) is 0 Å². The summed E-state index contributed by atoms with van der Waals surface area (Å²) in [6.45, 7) is 4.87. The third-order valence-electron chi connectivity index (χ3n) is 7.48. The summed E-state index contributed by atoms with van der Waals surface area (Å²) in [6.07, 6.45) is -0.916. The molecule has 0 saturated carbocycles. The van der Waals surface area contributed by atoms with Gasteiger partial charge in [0, 0.05) is 50.7 Å². The first-order chi connectivity index (χ1) is 18.4. The average Bonchev–Trinajstić information content (AvgIpc) is 3.52. The van der Waals surface area contributed by atoms with E-state index in [0.717, 1.165) is 24.1 Å². The number of ether oxygens (including phenoxy) is 1. The van der Waals surface area contributed by atoms with E-state index in [1.54, 1.807) is 0 Å². The van der Waals surface area contributed by atoms with Crippen LogP contribution in [0.4, 0.5) is 19.0 Å². The highest BCUT2D eigenvalue weighted by Gasteiger charge is 2.38. The second-order valence-electron chi connectivity index (χ2n) is 9.81. The van der Waals surface area contributed by atoms with Crippen LogP contribution in [0, 0.1) is 11.3 Å². The first-order valence-corrected chi connectivity index (χ1v) is 12.8. The quantitative estimate of drug-likeness (QED) is 0.482. The van der Waals surface area contributed by atoms with Gasteiger partial charge in [-0.2, -0.15) is 15.2 Å². The number of rotatable bonds is 8. The number of carbonyl (C=O) groups is 1. The molecule has 1 unspecified atom stereocenters. The number of anilines is 1. The lowest BCUT2D eigenvalue weighted by atomic mass is 10.1. The van der Waals surface area contributed by atoms with E-state index < -0.39 is 30.6 Å². The fraction of sp³-hybridized carbons (Fsp3) is 0.481. The summed E-state index contributed by atoms with van der Waals surface area (Å²) < 4.78 is 44.6. The number of nitrogens with zero attached hydrogens (tertiary/aromatic N) is 6.